The van der Waals surface area contributed by atoms with Crippen LogP contribution in [0.2, 0.25) is 0 Å². The molecule has 1 aromatic heterocycles. The zero-order valence-corrected chi connectivity index (χ0v) is 28.9. The first-order valence-corrected chi connectivity index (χ1v) is 17.2. The maximum absolute atomic E-state index is 15.0. The summed E-state index contributed by atoms with van der Waals surface area (Å²) in [7, 11) is 3.73. The molecule has 3 nitrogen and oxygen atoms in total. The van der Waals surface area contributed by atoms with Gasteiger partial charge in [-0.1, -0.05) is 55.1 Å². The third-order valence-electron chi connectivity index (χ3n) is 9.27. The number of alkyl halides is 3. The van der Waals surface area contributed by atoms with Gasteiger partial charge < -0.3 is 4.74 Å². The molecule has 0 bridgehead atoms. The van der Waals surface area contributed by atoms with Crippen molar-refractivity contribution in [2.75, 3.05) is 13.7 Å². The van der Waals surface area contributed by atoms with Crippen molar-refractivity contribution in [2.45, 2.75) is 83.7 Å². The van der Waals surface area contributed by atoms with Crippen molar-refractivity contribution in [3.05, 3.63) is 101 Å². The number of ether oxygens (including phenoxy) is 1. The normalized spacial score (nSPS) is 26.1. The number of hydrogen-bond acceptors (Lipinski definition) is 3. The Labute approximate surface area is 278 Å². The molecule has 1 saturated carbocycles. The van der Waals surface area contributed by atoms with E-state index in [4.69, 9.17) is 4.74 Å². The maximum Gasteiger partial charge on any atom is 0.266 e. The van der Waals surface area contributed by atoms with Crippen LogP contribution < -0.4 is 4.57 Å². The van der Waals surface area contributed by atoms with Gasteiger partial charge in [0.15, 0.2) is 11.3 Å². The SMILES string of the molecule is C=CCC1(F)CCC(CC=C(C)C=C(C2=CC(CC(F)(F)C=C)CCN=C2)c2c(C)cc(C3=CC(C)C=C(OC)S3)c[n+]2C)CC1. The van der Waals surface area contributed by atoms with Crippen molar-refractivity contribution < 1.29 is 22.5 Å². The molecule has 1 aliphatic carbocycles. The number of pyridine rings is 1. The van der Waals surface area contributed by atoms with Gasteiger partial charge in [0, 0.05) is 35.2 Å². The molecule has 1 aromatic rings. The molecule has 46 heavy (non-hydrogen) atoms. The second-order valence-electron chi connectivity index (χ2n) is 13.3. The summed E-state index contributed by atoms with van der Waals surface area (Å²) in [5.74, 6) is -2.59. The summed E-state index contributed by atoms with van der Waals surface area (Å²) in [6.45, 7) is 13.9. The fourth-order valence-electron chi connectivity index (χ4n) is 6.73. The number of aromatic nitrogens is 1. The minimum Gasteiger partial charge on any atom is -0.490 e. The first-order valence-electron chi connectivity index (χ1n) is 16.4. The molecule has 3 heterocycles. The van der Waals surface area contributed by atoms with Crippen LogP contribution in [0.5, 0.6) is 0 Å². The summed E-state index contributed by atoms with van der Waals surface area (Å²) in [6.07, 6.45) is 21.6. The fraction of sp³-hybridized carbons (Fsp3) is 0.487. The molecule has 2 aliphatic heterocycles. The summed E-state index contributed by atoms with van der Waals surface area (Å²) >= 11 is 1.61. The lowest BCUT2D eigenvalue weighted by Crippen LogP contribution is -2.35. The van der Waals surface area contributed by atoms with Crippen LogP contribution in [0.4, 0.5) is 13.2 Å². The number of aryl methyl sites for hydroxylation is 2. The molecule has 0 radical (unpaired) electrons. The Morgan fingerprint density at radius 2 is 1.93 bits per heavy atom. The van der Waals surface area contributed by atoms with Crippen LogP contribution in [0, 0.1) is 24.7 Å². The number of rotatable bonds is 12. The largest absolute Gasteiger partial charge is 0.490 e. The van der Waals surface area contributed by atoms with Gasteiger partial charge in [-0.3, -0.25) is 4.99 Å². The van der Waals surface area contributed by atoms with Crippen LogP contribution >= 0.6 is 11.8 Å². The second kappa shape index (κ2) is 15.7. The standard InChI is InChI=1S/C39H50F3N2OS/c1-8-15-38(40)16-12-30(13-17-38)11-10-27(3)19-34(32-23-31(14-18-43-25-32)24-39(41,42)9-2)37-29(5)22-33(26-44(37)6)35-20-28(4)21-36(45-7)46-35/h8-10,19-23,25-26,28,30-31H,1-2,11-18,24H2,3-7H3/q+1. The molecule has 0 amide bonds. The van der Waals surface area contributed by atoms with Crippen molar-refractivity contribution in [3.8, 4) is 0 Å². The quantitative estimate of drug-likeness (QED) is 0.128. The van der Waals surface area contributed by atoms with Gasteiger partial charge in [0.1, 0.15) is 12.7 Å². The summed E-state index contributed by atoms with van der Waals surface area (Å²) in [5, 5.41) is 0.883. The van der Waals surface area contributed by atoms with E-state index in [1.807, 2.05) is 19.3 Å². The van der Waals surface area contributed by atoms with Crippen molar-refractivity contribution >= 4 is 28.5 Å². The molecule has 248 valence electrons. The Hall–Kier alpha value is -3.06. The summed E-state index contributed by atoms with van der Waals surface area (Å²) in [5.41, 5.74) is 4.94. The molecule has 0 N–H and O–H groups in total. The molecular formula is C39H50F3N2OS+. The highest BCUT2D eigenvalue weighted by Crippen LogP contribution is 2.41. The minimum atomic E-state index is -2.95. The zero-order chi connectivity index (χ0) is 33.5. The van der Waals surface area contributed by atoms with Gasteiger partial charge in [0.05, 0.1) is 18.2 Å². The van der Waals surface area contributed by atoms with E-state index >= 15 is 0 Å². The molecule has 0 spiro atoms. The Kier molecular flexibility index (Phi) is 12.2. The van der Waals surface area contributed by atoms with E-state index in [1.165, 1.54) is 0 Å². The maximum atomic E-state index is 15.0. The molecule has 7 heteroatoms. The molecule has 2 atom stereocenters. The number of allylic oxidation sites excluding steroid dienone is 10. The van der Waals surface area contributed by atoms with Crippen LogP contribution in [0.3, 0.4) is 0 Å². The van der Waals surface area contributed by atoms with E-state index < -0.39 is 11.6 Å². The number of halogens is 3. The van der Waals surface area contributed by atoms with E-state index in [2.05, 4.69) is 80.1 Å². The summed E-state index contributed by atoms with van der Waals surface area (Å²) in [4.78, 5) is 5.77. The number of methoxy groups -OCH3 is 1. The minimum absolute atomic E-state index is 0.255. The van der Waals surface area contributed by atoms with Gasteiger partial charge in [-0.05, 0) is 101 Å². The first-order chi connectivity index (χ1) is 21.8. The van der Waals surface area contributed by atoms with Crippen LogP contribution in [-0.4, -0.2) is 31.5 Å². The number of thioether (sulfide) groups is 1. The average molecular weight is 652 g/mol. The van der Waals surface area contributed by atoms with E-state index in [-0.39, 0.29) is 18.3 Å². The third-order valence-corrected chi connectivity index (χ3v) is 10.4. The average Bonchev–Trinajstić information content (AvgIpc) is 3.24. The highest BCUT2D eigenvalue weighted by Gasteiger charge is 2.34. The molecule has 2 unspecified atom stereocenters. The summed E-state index contributed by atoms with van der Waals surface area (Å²) < 4.78 is 51.6. The Balaban J connectivity index is 1.71. The predicted molar refractivity (Wildman–Crippen MR) is 188 cm³/mol. The molecule has 3 aliphatic rings. The van der Waals surface area contributed by atoms with Crippen molar-refractivity contribution in [1.29, 1.82) is 0 Å². The van der Waals surface area contributed by atoms with Crippen LogP contribution in [0.15, 0.2) is 89.2 Å². The highest BCUT2D eigenvalue weighted by molar-refractivity contribution is 8.11. The van der Waals surface area contributed by atoms with Gasteiger partial charge in [-0.15, -0.1) is 6.58 Å². The fourth-order valence-corrected chi connectivity index (χ4v) is 7.82. The lowest BCUT2D eigenvalue weighted by atomic mass is 9.77. The van der Waals surface area contributed by atoms with Crippen LogP contribution in [0.25, 0.3) is 10.5 Å². The van der Waals surface area contributed by atoms with Crippen LogP contribution in [0.1, 0.15) is 82.0 Å². The Morgan fingerprint density at radius 1 is 1.20 bits per heavy atom. The smallest absolute Gasteiger partial charge is 0.266 e. The van der Waals surface area contributed by atoms with Crippen LogP contribution in [-0.2, 0) is 11.8 Å². The second-order valence-corrected chi connectivity index (χ2v) is 14.3. The number of nitrogens with zero attached hydrogens (tertiary/aromatic N) is 2. The van der Waals surface area contributed by atoms with Crippen molar-refractivity contribution in [3.63, 3.8) is 0 Å². The van der Waals surface area contributed by atoms with E-state index in [9.17, 15) is 13.2 Å². The number of hydrogen-bond donors (Lipinski definition) is 0. The molecule has 1 fully saturated rings. The van der Waals surface area contributed by atoms with E-state index in [0.717, 1.165) is 68.9 Å². The Morgan fingerprint density at radius 3 is 2.59 bits per heavy atom. The molecular weight excluding hydrogens is 602 g/mol. The predicted octanol–water partition coefficient (Wildman–Crippen LogP) is 10.5. The molecule has 0 aromatic carbocycles. The lowest BCUT2D eigenvalue weighted by Gasteiger charge is -2.33. The summed E-state index contributed by atoms with van der Waals surface area (Å²) in [6, 6.07) is 2.19. The van der Waals surface area contributed by atoms with Crippen molar-refractivity contribution in [1.82, 2.24) is 0 Å². The first kappa shape index (κ1) is 35.8. The molecule has 0 saturated heterocycles. The topological polar surface area (TPSA) is 25.5 Å². The van der Waals surface area contributed by atoms with Gasteiger partial charge in [-0.2, -0.15) is 0 Å². The van der Waals surface area contributed by atoms with Gasteiger partial charge in [0.2, 0.25) is 5.69 Å². The molecule has 4 rings (SSSR count). The van der Waals surface area contributed by atoms with Crippen molar-refractivity contribution in [2.24, 2.45) is 29.8 Å². The third kappa shape index (κ3) is 9.49. The van der Waals surface area contributed by atoms with E-state index in [0.29, 0.717) is 38.1 Å². The van der Waals surface area contributed by atoms with Gasteiger partial charge in [0.25, 0.3) is 5.92 Å². The lowest BCUT2D eigenvalue weighted by molar-refractivity contribution is -0.674. The monoisotopic (exact) mass is 651 g/mol. The van der Waals surface area contributed by atoms with E-state index in [1.54, 1.807) is 24.9 Å². The van der Waals surface area contributed by atoms with Gasteiger partial charge in [-0.25, -0.2) is 17.7 Å². The zero-order valence-electron chi connectivity index (χ0n) is 28.1. The Bertz CT molecular complexity index is 1450. The number of aliphatic imine (C=N–C) groups is 1. The highest BCUT2D eigenvalue weighted by atomic mass is 32.2. The van der Waals surface area contributed by atoms with Gasteiger partial charge >= 0.3 is 0 Å².